The van der Waals surface area contributed by atoms with E-state index in [0.717, 1.165) is 5.69 Å². The van der Waals surface area contributed by atoms with E-state index in [1.54, 1.807) is 24.0 Å². The van der Waals surface area contributed by atoms with E-state index in [9.17, 15) is 13.2 Å². The lowest BCUT2D eigenvalue weighted by Gasteiger charge is -2.08. The van der Waals surface area contributed by atoms with Gasteiger partial charge in [-0.05, 0) is 24.9 Å². The van der Waals surface area contributed by atoms with E-state index in [0.29, 0.717) is 6.54 Å². The number of thioether (sulfide) groups is 1. The number of hydrogen-bond acceptors (Lipinski definition) is 3. The Hall–Kier alpha value is -0.690. The lowest BCUT2D eigenvalue weighted by atomic mass is 10.4. The molecule has 1 rings (SSSR count). The van der Waals surface area contributed by atoms with Crippen molar-refractivity contribution in [2.45, 2.75) is 18.6 Å². The average Bonchev–Trinajstić information content (AvgIpc) is 2.51. The van der Waals surface area contributed by atoms with Crippen LogP contribution in [-0.2, 0) is 13.1 Å². The maximum absolute atomic E-state index is 11.9. The fourth-order valence-corrected chi connectivity index (χ4v) is 1.64. The smallest absolute Gasteiger partial charge is 0.314 e. The first-order valence-corrected chi connectivity index (χ1v) is 5.37. The Morgan fingerprint density at radius 3 is 2.87 bits per heavy atom. The summed E-state index contributed by atoms with van der Waals surface area (Å²) in [6, 6.07) is 1.79. The summed E-state index contributed by atoms with van der Waals surface area (Å²) in [6.07, 6.45) is 1.59. The Balaban J connectivity index is 2.40. The van der Waals surface area contributed by atoms with Crippen molar-refractivity contribution in [1.82, 2.24) is 15.1 Å². The second-order valence-electron chi connectivity index (χ2n) is 2.87. The Morgan fingerprint density at radius 2 is 2.27 bits per heavy atom. The quantitative estimate of drug-likeness (QED) is 0.850. The second-order valence-corrected chi connectivity index (χ2v) is 4.03. The molecule has 86 valence electrons. The molecule has 1 aromatic rings. The predicted molar refractivity (Wildman–Crippen MR) is 53.5 cm³/mol. The number of nitrogens with one attached hydrogen (secondary N) is 1. The maximum atomic E-state index is 11.9. The van der Waals surface area contributed by atoms with E-state index in [1.165, 1.54) is 0 Å². The Kier molecular flexibility index (Phi) is 4.46. The summed E-state index contributed by atoms with van der Waals surface area (Å²) in [5.74, 6) is -0.0120. The summed E-state index contributed by atoms with van der Waals surface area (Å²) in [6.45, 7) is 0.880. The predicted octanol–water partition coefficient (Wildman–Crippen LogP) is 1.86. The fraction of sp³-hybridized carbons (Fsp3) is 0.625. The molecule has 15 heavy (non-hydrogen) atoms. The molecular formula is C8H12F3N3S. The summed E-state index contributed by atoms with van der Waals surface area (Å²) >= 11 is -0.0226. The second kappa shape index (κ2) is 5.41. The van der Waals surface area contributed by atoms with Crippen LogP contribution in [0.15, 0.2) is 12.3 Å². The number of aryl methyl sites for hydroxylation is 1. The van der Waals surface area contributed by atoms with Gasteiger partial charge in [0, 0.05) is 18.5 Å². The van der Waals surface area contributed by atoms with Crippen LogP contribution < -0.4 is 5.32 Å². The van der Waals surface area contributed by atoms with Crippen LogP contribution >= 0.6 is 11.8 Å². The van der Waals surface area contributed by atoms with Gasteiger partial charge in [-0.3, -0.25) is 4.68 Å². The van der Waals surface area contributed by atoms with Gasteiger partial charge in [0.2, 0.25) is 0 Å². The number of nitrogens with zero attached hydrogens (tertiary/aromatic N) is 2. The summed E-state index contributed by atoms with van der Waals surface area (Å²) in [5.41, 5.74) is -3.27. The standard InChI is InChI=1S/C8H12F3N3S/c1-12-6-7-2-3-13-14(7)4-5-15-8(9,10)11/h2-3,12H,4-6H2,1H3. The van der Waals surface area contributed by atoms with Crippen molar-refractivity contribution in [3.05, 3.63) is 18.0 Å². The van der Waals surface area contributed by atoms with Gasteiger partial charge >= 0.3 is 5.51 Å². The van der Waals surface area contributed by atoms with Gasteiger partial charge < -0.3 is 5.32 Å². The molecule has 7 heteroatoms. The molecule has 0 saturated carbocycles. The zero-order chi connectivity index (χ0) is 11.3. The van der Waals surface area contributed by atoms with Gasteiger partial charge in [0.05, 0.1) is 12.2 Å². The van der Waals surface area contributed by atoms with Gasteiger partial charge in [-0.1, -0.05) is 0 Å². The number of aromatic nitrogens is 2. The highest BCUT2D eigenvalue weighted by Gasteiger charge is 2.27. The number of halogens is 3. The molecule has 0 bridgehead atoms. The fourth-order valence-electron chi connectivity index (χ4n) is 1.14. The van der Waals surface area contributed by atoms with Crippen LogP contribution in [0.2, 0.25) is 0 Å². The molecule has 0 fully saturated rings. The van der Waals surface area contributed by atoms with Crippen LogP contribution in [0.25, 0.3) is 0 Å². The highest BCUT2D eigenvalue weighted by atomic mass is 32.2. The SMILES string of the molecule is CNCc1ccnn1CCSC(F)(F)F. The molecule has 0 atom stereocenters. The molecule has 1 aromatic heterocycles. The van der Waals surface area contributed by atoms with Crippen molar-refractivity contribution in [2.24, 2.45) is 0 Å². The van der Waals surface area contributed by atoms with Crippen molar-refractivity contribution in [1.29, 1.82) is 0 Å². The monoisotopic (exact) mass is 239 g/mol. The topological polar surface area (TPSA) is 29.9 Å². The van der Waals surface area contributed by atoms with Crippen LogP contribution in [0.1, 0.15) is 5.69 Å². The minimum atomic E-state index is -4.16. The van der Waals surface area contributed by atoms with Crippen molar-refractivity contribution >= 4 is 11.8 Å². The van der Waals surface area contributed by atoms with Crippen molar-refractivity contribution in [3.63, 3.8) is 0 Å². The van der Waals surface area contributed by atoms with Crippen molar-refractivity contribution in [2.75, 3.05) is 12.8 Å². The van der Waals surface area contributed by atoms with E-state index in [4.69, 9.17) is 0 Å². The summed E-state index contributed by atoms with van der Waals surface area (Å²) in [7, 11) is 1.78. The van der Waals surface area contributed by atoms with E-state index in [2.05, 4.69) is 10.4 Å². The van der Waals surface area contributed by atoms with Gasteiger partial charge in [0.15, 0.2) is 0 Å². The van der Waals surface area contributed by atoms with E-state index < -0.39 is 5.51 Å². The third kappa shape index (κ3) is 4.57. The molecule has 3 nitrogen and oxygen atoms in total. The summed E-state index contributed by atoms with van der Waals surface area (Å²) in [4.78, 5) is 0. The highest BCUT2D eigenvalue weighted by molar-refractivity contribution is 8.00. The van der Waals surface area contributed by atoms with Crippen molar-refractivity contribution in [3.8, 4) is 0 Å². The molecule has 0 aromatic carbocycles. The van der Waals surface area contributed by atoms with Gasteiger partial charge in [-0.2, -0.15) is 18.3 Å². The Morgan fingerprint density at radius 1 is 1.53 bits per heavy atom. The lowest BCUT2D eigenvalue weighted by Crippen LogP contribution is -2.14. The normalized spacial score (nSPS) is 12.0. The average molecular weight is 239 g/mol. The molecule has 0 radical (unpaired) electrons. The lowest BCUT2D eigenvalue weighted by molar-refractivity contribution is -0.0328. The number of rotatable bonds is 5. The van der Waals surface area contributed by atoms with E-state index in [1.807, 2.05) is 0 Å². The largest absolute Gasteiger partial charge is 0.441 e. The Labute approximate surface area is 90.0 Å². The first-order valence-electron chi connectivity index (χ1n) is 4.39. The molecule has 0 aliphatic carbocycles. The molecular weight excluding hydrogens is 227 g/mol. The third-order valence-electron chi connectivity index (χ3n) is 1.73. The summed E-state index contributed by atoms with van der Waals surface area (Å²) < 4.78 is 37.1. The highest BCUT2D eigenvalue weighted by Crippen LogP contribution is 2.29. The van der Waals surface area contributed by atoms with Gasteiger partial charge in [-0.15, -0.1) is 0 Å². The molecule has 0 saturated heterocycles. The van der Waals surface area contributed by atoms with Gasteiger partial charge in [-0.25, -0.2) is 0 Å². The summed E-state index contributed by atoms with van der Waals surface area (Å²) in [5, 5.41) is 6.88. The zero-order valence-corrected chi connectivity index (χ0v) is 9.03. The first kappa shape index (κ1) is 12.4. The molecule has 1 N–H and O–H groups in total. The molecule has 0 aliphatic rings. The minimum Gasteiger partial charge on any atom is -0.314 e. The molecule has 0 amide bonds. The molecule has 0 spiro atoms. The minimum absolute atomic E-state index is 0.0120. The van der Waals surface area contributed by atoms with Crippen LogP contribution in [0.4, 0.5) is 13.2 Å². The number of alkyl halides is 3. The molecule has 1 heterocycles. The van der Waals surface area contributed by atoms with Crippen LogP contribution in [0, 0.1) is 0 Å². The van der Waals surface area contributed by atoms with Crippen LogP contribution in [0.5, 0.6) is 0 Å². The van der Waals surface area contributed by atoms with E-state index in [-0.39, 0.29) is 24.1 Å². The van der Waals surface area contributed by atoms with Crippen LogP contribution in [0.3, 0.4) is 0 Å². The Bertz CT molecular complexity index is 298. The van der Waals surface area contributed by atoms with Gasteiger partial charge in [0.1, 0.15) is 0 Å². The number of hydrogen-bond donors (Lipinski definition) is 1. The first-order chi connectivity index (χ1) is 7.03. The maximum Gasteiger partial charge on any atom is 0.441 e. The molecule has 0 unspecified atom stereocenters. The molecule has 0 aliphatic heterocycles. The van der Waals surface area contributed by atoms with E-state index >= 15 is 0 Å². The zero-order valence-electron chi connectivity index (χ0n) is 8.21. The van der Waals surface area contributed by atoms with Gasteiger partial charge in [0.25, 0.3) is 0 Å². The van der Waals surface area contributed by atoms with Crippen LogP contribution in [-0.4, -0.2) is 28.1 Å². The third-order valence-corrected chi connectivity index (χ3v) is 2.45. The van der Waals surface area contributed by atoms with Crippen molar-refractivity contribution < 1.29 is 13.2 Å².